The molecule has 18 heavy (non-hydrogen) atoms. The van der Waals surface area contributed by atoms with Crippen LogP contribution in [0.15, 0.2) is 18.2 Å². The standard InChI is InChI=1S/C14H17FN2O/c15-14-4-3-12(8-16)13(7-14)9-17-5-6-18-10-11-1-2-11/h3-4,7,11,17H,1-2,5-6,9-10H2. The Balaban J connectivity index is 1.68. The van der Waals surface area contributed by atoms with Gasteiger partial charge in [-0.05, 0) is 42.5 Å². The molecule has 1 fully saturated rings. The van der Waals surface area contributed by atoms with Crippen LogP contribution in [0.1, 0.15) is 24.0 Å². The van der Waals surface area contributed by atoms with Crippen molar-refractivity contribution in [2.45, 2.75) is 19.4 Å². The highest BCUT2D eigenvalue weighted by Gasteiger charge is 2.20. The Hall–Kier alpha value is -1.44. The van der Waals surface area contributed by atoms with Crippen LogP contribution in [0.3, 0.4) is 0 Å². The predicted molar refractivity (Wildman–Crippen MR) is 66.4 cm³/mol. The second-order valence-electron chi connectivity index (χ2n) is 4.61. The van der Waals surface area contributed by atoms with Gasteiger partial charge in [0.2, 0.25) is 0 Å². The molecule has 96 valence electrons. The van der Waals surface area contributed by atoms with Crippen LogP contribution < -0.4 is 5.32 Å². The summed E-state index contributed by atoms with van der Waals surface area (Å²) < 4.78 is 18.5. The third kappa shape index (κ3) is 4.10. The van der Waals surface area contributed by atoms with E-state index in [1.807, 2.05) is 0 Å². The molecule has 1 aromatic carbocycles. The van der Waals surface area contributed by atoms with Gasteiger partial charge in [0, 0.05) is 19.7 Å². The molecule has 0 amide bonds. The lowest BCUT2D eigenvalue weighted by atomic mass is 10.1. The van der Waals surface area contributed by atoms with Crippen molar-refractivity contribution in [3.63, 3.8) is 0 Å². The molecule has 1 N–H and O–H groups in total. The molecule has 0 aromatic heterocycles. The maximum Gasteiger partial charge on any atom is 0.123 e. The Bertz CT molecular complexity index is 438. The Morgan fingerprint density at radius 2 is 2.28 bits per heavy atom. The number of ether oxygens (including phenoxy) is 1. The van der Waals surface area contributed by atoms with Gasteiger partial charge in [0.05, 0.1) is 18.2 Å². The summed E-state index contributed by atoms with van der Waals surface area (Å²) in [5, 5.41) is 12.0. The second kappa shape index (κ2) is 6.48. The summed E-state index contributed by atoms with van der Waals surface area (Å²) in [6.45, 7) is 2.72. The van der Waals surface area contributed by atoms with Crippen LogP contribution in [-0.4, -0.2) is 19.8 Å². The van der Waals surface area contributed by atoms with Gasteiger partial charge in [-0.3, -0.25) is 0 Å². The molecule has 0 unspecified atom stereocenters. The van der Waals surface area contributed by atoms with E-state index in [1.165, 1.54) is 31.0 Å². The van der Waals surface area contributed by atoms with E-state index < -0.39 is 0 Å². The first-order valence-corrected chi connectivity index (χ1v) is 6.26. The van der Waals surface area contributed by atoms with Crippen molar-refractivity contribution in [2.75, 3.05) is 19.8 Å². The highest BCUT2D eigenvalue weighted by atomic mass is 19.1. The maximum absolute atomic E-state index is 13.0. The van der Waals surface area contributed by atoms with Gasteiger partial charge >= 0.3 is 0 Å². The molecule has 1 aliphatic rings. The van der Waals surface area contributed by atoms with Gasteiger partial charge in [-0.1, -0.05) is 0 Å². The molecule has 0 spiro atoms. The molecular weight excluding hydrogens is 231 g/mol. The smallest absolute Gasteiger partial charge is 0.123 e. The predicted octanol–water partition coefficient (Wildman–Crippen LogP) is 2.21. The van der Waals surface area contributed by atoms with Crippen molar-refractivity contribution < 1.29 is 9.13 Å². The average molecular weight is 248 g/mol. The molecule has 0 saturated heterocycles. The fourth-order valence-corrected chi connectivity index (χ4v) is 1.72. The summed E-state index contributed by atoms with van der Waals surface area (Å²) in [6.07, 6.45) is 2.59. The molecule has 4 heteroatoms. The second-order valence-corrected chi connectivity index (χ2v) is 4.61. The molecule has 0 bridgehead atoms. The molecule has 3 nitrogen and oxygen atoms in total. The number of benzene rings is 1. The van der Waals surface area contributed by atoms with Gasteiger partial charge < -0.3 is 10.1 Å². The Labute approximate surface area is 107 Å². The van der Waals surface area contributed by atoms with E-state index in [0.717, 1.165) is 12.5 Å². The van der Waals surface area contributed by atoms with Gasteiger partial charge in [-0.2, -0.15) is 5.26 Å². The number of halogens is 1. The van der Waals surface area contributed by atoms with Crippen LogP contribution in [-0.2, 0) is 11.3 Å². The summed E-state index contributed by atoms with van der Waals surface area (Å²) in [5.74, 6) is 0.467. The maximum atomic E-state index is 13.0. The highest BCUT2D eigenvalue weighted by molar-refractivity contribution is 5.37. The Morgan fingerprint density at radius 1 is 1.44 bits per heavy atom. The molecular formula is C14H17FN2O. The summed E-state index contributed by atoms with van der Waals surface area (Å²) in [7, 11) is 0. The zero-order chi connectivity index (χ0) is 12.8. The molecule has 1 aliphatic carbocycles. The molecule has 1 aromatic rings. The number of hydrogen-bond acceptors (Lipinski definition) is 3. The van der Waals surface area contributed by atoms with E-state index in [0.29, 0.717) is 30.8 Å². The average Bonchev–Trinajstić information content (AvgIpc) is 3.18. The minimum atomic E-state index is -0.309. The normalized spacial score (nSPS) is 14.4. The van der Waals surface area contributed by atoms with E-state index in [9.17, 15) is 4.39 Å². The van der Waals surface area contributed by atoms with Crippen molar-refractivity contribution in [3.8, 4) is 6.07 Å². The molecule has 0 atom stereocenters. The molecule has 2 rings (SSSR count). The lowest BCUT2D eigenvalue weighted by Crippen LogP contribution is -2.20. The monoisotopic (exact) mass is 248 g/mol. The molecule has 0 radical (unpaired) electrons. The number of nitriles is 1. The van der Waals surface area contributed by atoms with E-state index in [-0.39, 0.29) is 5.82 Å². The van der Waals surface area contributed by atoms with E-state index >= 15 is 0 Å². The first-order valence-electron chi connectivity index (χ1n) is 6.26. The fourth-order valence-electron chi connectivity index (χ4n) is 1.72. The van der Waals surface area contributed by atoms with Crippen LogP contribution in [0.2, 0.25) is 0 Å². The van der Waals surface area contributed by atoms with Crippen molar-refractivity contribution in [1.82, 2.24) is 5.32 Å². The summed E-state index contributed by atoms with van der Waals surface area (Å²) in [5.41, 5.74) is 1.21. The van der Waals surface area contributed by atoms with Gasteiger partial charge in [-0.25, -0.2) is 4.39 Å². The highest BCUT2D eigenvalue weighted by Crippen LogP contribution is 2.28. The van der Waals surface area contributed by atoms with Gasteiger partial charge in [0.25, 0.3) is 0 Å². The van der Waals surface area contributed by atoms with Gasteiger partial charge in [0.1, 0.15) is 5.82 Å². The summed E-state index contributed by atoms with van der Waals surface area (Å²) >= 11 is 0. The molecule has 0 aliphatic heterocycles. The van der Waals surface area contributed by atoms with Gasteiger partial charge in [0.15, 0.2) is 0 Å². The van der Waals surface area contributed by atoms with Crippen LogP contribution >= 0.6 is 0 Å². The summed E-state index contributed by atoms with van der Waals surface area (Å²) in [6, 6.07) is 6.28. The molecule has 1 saturated carbocycles. The van der Waals surface area contributed by atoms with E-state index in [2.05, 4.69) is 11.4 Å². The van der Waals surface area contributed by atoms with Crippen molar-refractivity contribution in [3.05, 3.63) is 35.1 Å². The first kappa shape index (κ1) is 13.0. The zero-order valence-electron chi connectivity index (χ0n) is 10.3. The third-order valence-corrected chi connectivity index (χ3v) is 2.98. The Morgan fingerprint density at radius 3 is 3.00 bits per heavy atom. The zero-order valence-corrected chi connectivity index (χ0v) is 10.3. The fraction of sp³-hybridized carbons (Fsp3) is 0.500. The van der Waals surface area contributed by atoms with Crippen LogP contribution in [0, 0.1) is 23.1 Å². The van der Waals surface area contributed by atoms with E-state index in [4.69, 9.17) is 10.00 Å². The topological polar surface area (TPSA) is 45.0 Å². The number of nitrogens with one attached hydrogen (secondary N) is 1. The number of nitrogens with zero attached hydrogens (tertiary/aromatic N) is 1. The lowest BCUT2D eigenvalue weighted by molar-refractivity contribution is 0.126. The van der Waals surface area contributed by atoms with E-state index in [1.54, 1.807) is 0 Å². The number of rotatable bonds is 7. The van der Waals surface area contributed by atoms with Crippen LogP contribution in [0.4, 0.5) is 4.39 Å². The van der Waals surface area contributed by atoms with Crippen molar-refractivity contribution >= 4 is 0 Å². The summed E-state index contributed by atoms with van der Waals surface area (Å²) in [4.78, 5) is 0. The van der Waals surface area contributed by atoms with Gasteiger partial charge in [-0.15, -0.1) is 0 Å². The molecule has 0 heterocycles. The quantitative estimate of drug-likeness (QED) is 0.752. The van der Waals surface area contributed by atoms with Crippen molar-refractivity contribution in [1.29, 1.82) is 5.26 Å². The largest absolute Gasteiger partial charge is 0.380 e. The third-order valence-electron chi connectivity index (χ3n) is 2.98. The van der Waals surface area contributed by atoms with Crippen LogP contribution in [0.5, 0.6) is 0 Å². The Kier molecular flexibility index (Phi) is 4.68. The lowest BCUT2D eigenvalue weighted by Gasteiger charge is -2.07. The number of hydrogen-bond donors (Lipinski definition) is 1. The first-order chi connectivity index (χ1) is 8.79. The minimum Gasteiger partial charge on any atom is -0.380 e. The van der Waals surface area contributed by atoms with Crippen molar-refractivity contribution in [2.24, 2.45) is 5.92 Å². The SMILES string of the molecule is N#Cc1ccc(F)cc1CNCCOCC1CC1. The minimum absolute atomic E-state index is 0.309. The van der Waals surface area contributed by atoms with Crippen LogP contribution in [0.25, 0.3) is 0 Å².